The third kappa shape index (κ3) is 3.06. The summed E-state index contributed by atoms with van der Waals surface area (Å²) in [5.74, 6) is 0.266. The van der Waals surface area contributed by atoms with Gasteiger partial charge in [0.2, 0.25) is 5.91 Å². The van der Waals surface area contributed by atoms with Crippen LogP contribution >= 0.6 is 0 Å². The van der Waals surface area contributed by atoms with Gasteiger partial charge in [-0.3, -0.25) is 9.59 Å². The van der Waals surface area contributed by atoms with Crippen molar-refractivity contribution in [1.82, 2.24) is 15.1 Å². The lowest BCUT2D eigenvalue weighted by Crippen LogP contribution is -2.43. The second-order valence-electron chi connectivity index (χ2n) is 6.01. The third-order valence-corrected chi connectivity index (χ3v) is 4.44. The lowest BCUT2D eigenvalue weighted by atomic mass is 9.90. The smallest absolute Gasteiger partial charge is 0.266 e. The van der Waals surface area contributed by atoms with Gasteiger partial charge in [0.05, 0.1) is 5.69 Å². The summed E-state index contributed by atoms with van der Waals surface area (Å²) >= 11 is 0. The zero-order valence-electron chi connectivity index (χ0n) is 12.3. The van der Waals surface area contributed by atoms with E-state index in [0.717, 1.165) is 43.4 Å². The molecule has 2 aliphatic rings. The summed E-state index contributed by atoms with van der Waals surface area (Å²) in [6.45, 7) is 0. The van der Waals surface area contributed by atoms with Crippen LogP contribution in [-0.2, 0) is 24.7 Å². The van der Waals surface area contributed by atoms with E-state index in [9.17, 15) is 9.59 Å². The van der Waals surface area contributed by atoms with Crippen LogP contribution in [0, 0.1) is 5.92 Å². The number of nitrogens with one attached hydrogen (secondary N) is 1. The molecule has 0 fully saturated rings. The number of allylic oxidation sites excluding steroid dienone is 2. The zero-order valence-corrected chi connectivity index (χ0v) is 12.3. The molecule has 5 nitrogen and oxygen atoms in total. The highest BCUT2D eigenvalue weighted by atomic mass is 16.2. The molecule has 0 unspecified atom stereocenters. The van der Waals surface area contributed by atoms with E-state index >= 15 is 0 Å². The molecule has 2 aliphatic carbocycles. The second-order valence-corrected chi connectivity index (χ2v) is 6.01. The van der Waals surface area contributed by atoms with Crippen molar-refractivity contribution in [1.29, 1.82) is 0 Å². The highest BCUT2D eigenvalue weighted by molar-refractivity contribution is 5.79. The molecular formula is C16H21N3O2. The van der Waals surface area contributed by atoms with Crippen LogP contribution in [0.1, 0.15) is 36.9 Å². The topological polar surface area (TPSA) is 64.0 Å². The van der Waals surface area contributed by atoms with Gasteiger partial charge >= 0.3 is 0 Å². The third-order valence-electron chi connectivity index (χ3n) is 4.44. The Morgan fingerprint density at radius 1 is 1.38 bits per heavy atom. The van der Waals surface area contributed by atoms with E-state index in [1.165, 1.54) is 4.68 Å². The van der Waals surface area contributed by atoms with Crippen molar-refractivity contribution in [3.63, 3.8) is 0 Å². The Morgan fingerprint density at radius 2 is 2.24 bits per heavy atom. The fraction of sp³-hybridized carbons (Fsp3) is 0.562. The molecule has 0 saturated heterocycles. The summed E-state index contributed by atoms with van der Waals surface area (Å²) in [5, 5.41) is 7.45. The van der Waals surface area contributed by atoms with Gasteiger partial charge in [-0.15, -0.1) is 0 Å². The molecule has 1 aromatic rings. The Morgan fingerprint density at radius 3 is 3.00 bits per heavy atom. The van der Waals surface area contributed by atoms with Gasteiger partial charge in [-0.1, -0.05) is 12.2 Å². The minimum Gasteiger partial charge on any atom is -0.353 e. The number of fused-ring (bicyclic) bond motifs is 1. The van der Waals surface area contributed by atoms with Crippen LogP contribution in [0.3, 0.4) is 0 Å². The van der Waals surface area contributed by atoms with Gasteiger partial charge in [-0.25, -0.2) is 4.68 Å². The maximum atomic E-state index is 12.3. The van der Waals surface area contributed by atoms with Gasteiger partial charge in [0, 0.05) is 25.1 Å². The maximum Gasteiger partial charge on any atom is 0.266 e. The molecular weight excluding hydrogens is 266 g/mol. The summed E-state index contributed by atoms with van der Waals surface area (Å²) < 4.78 is 1.38. The van der Waals surface area contributed by atoms with Gasteiger partial charge in [0.15, 0.2) is 0 Å². The molecule has 112 valence electrons. The number of amides is 1. The zero-order chi connectivity index (χ0) is 14.8. The monoisotopic (exact) mass is 287 g/mol. The Labute approximate surface area is 124 Å². The van der Waals surface area contributed by atoms with E-state index in [0.29, 0.717) is 6.42 Å². The number of nitrogens with zero attached hydrogens (tertiary/aromatic N) is 2. The van der Waals surface area contributed by atoms with E-state index in [4.69, 9.17) is 0 Å². The first kappa shape index (κ1) is 14.0. The Bertz CT molecular complexity index is 633. The molecule has 1 aromatic heterocycles. The van der Waals surface area contributed by atoms with Gasteiger partial charge in [0.1, 0.15) is 0 Å². The molecule has 0 bridgehead atoms. The second kappa shape index (κ2) is 5.84. The number of hydrogen-bond acceptors (Lipinski definition) is 3. The van der Waals surface area contributed by atoms with E-state index in [-0.39, 0.29) is 23.4 Å². The molecule has 0 aliphatic heterocycles. The van der Waals surface area contributed by atoms with E-state index < -0.39 is 0 Å². The molecule has 21 heavy (non-hydrogen) atoms. The van der Waals surface area contributed by atoms with Crippen molar-refractivity contribution in [3.05, 3.63) is 39.8 Å². The molecule has 0 aromatic carbocycles. The van der Waals surface area contributed by atoms with Gasteiger partial charge in [-0.05, 0) is 44.1 Å². The largest absolute Gasteiger partial charge is 0.353 e. The summed E-state index contributed by atoms with van der Waals surface area (Å²) in [4.78, 5) is 23.9. The summed E-state index contributed by atoms with van der Waals surface area (Å²) in [5.41, 5.74) is 1.89. The average Bonchev–Trinajstić information content (AvgIpc) is 2.49. The van der Waals surface area contributed by atoms with Crippen molar-refractivity contribution in [3.8, 4) is 0 Å². The van der Waals surface area contributed by atoms with E-state index in [2.05, 4.69) is 22.6 Å². The van der Waals surface area contributed by atoms with Crippen LogP contribution in [0.4, 0.5) is 0 Å². The Kier molecular flexibility index (Phi) is 3.90. The number of hydrogen-bond donors (Lipinski definition) is 1. The van der Waals surface area contributed by atoms with Crippen molar-refractivity contribution >= 4 is 5.91 Å². The van der Waals surface area contributed by atoms with Crippen LogP contribution in [0.5, 0.6) is 0 Å². The van der Waals surface area contributed by atoms with Crippen LogP contribution < -0.4 is 10.9 Å². The predicted molar refractivity (Wildman–Crippen MR) is 79.9 cm³/mol. The first-order chi connectivity index (χ1) is 10.1. The Hall–Kier alpha value is -1.91. The molecule has 5 heteroatoms. The molecule has 0 radical (unpaired) electrons. The molecule has 2 atom stereocenters. The number of carbonyl (C=O) groups is 1. The van der Waals surface area contributed by atoms with Gasteiger partial charge in [0.25, 0.3) is 5.56 Å². The summed E-state index contributed by atoms with van der Waals surface area (Å²) in [6, 6.07) is 1.79. The average molecular weight is 287 g/mol. The summed E-state index contributed by atoms with van der Waals surface area (Å²) in [7, 11) is 1.67. The minimum absolute atomic E-state index is 0.0851. The number of aromatic nitrogens is 2. The van der Waals surface area contributed by atoms with Crippen LogP contribution in [0.2, 0.25) is 0 Å². The summed E-state index contributed by atoms with van der Waals surface area (Å²) in [6.07, 6.45) is 9.44. The normalized spacial score (nSPS) is 24.4. The molecule has 1 heterocycles. The highest BCUT2D eigenvalue weighted by Gasteiger charge is 2.25. The quantitative estimate of drug-likeness (QED) is 0.829. The first-order valence-electron chi connectivity index (χ1n) is 7.65. The fourth-order valence-corrected chi connectivity index (χ4v) is 3.16. The van der Waals surface area contributed by atoms with Crippen molar-refractivity contribution in [2.24, 2.45) is 13.0 Å². The van der Waals surface area contributed by atoms with E-state index in [1.54, 1.807) is 13.1 Å². The van der Waals surface area contributed by atoms with Crippen LogP contribution in [-0.4, -0.2) is 21.7 Å². The fourth-order valence-electron chi connectivity index (χ4n) is 3.16. The van der Waals surface area contributed by atoms with Crippen LogP contribution in [0.25, 0.3) is 0 Å². The van der Waals surface area contributed by atoms with Crippen molar-refractivity contribution in [2.75, 3.05) is 0 Å². The number of rotatable bonds is 2. The van der Waals surface area contributed by atoms with Crippen molar-refractivity contribution < 1.29 is 4.79 Å². The lowest BCUT2D eigenvalue weighted by molar-refractivity contribution is -0.126. The molecule has 1 amide bonds. The lowest BCUT2D eigenvalue weighted by Gasteiger charge is -2.27. The first-order valence-corrected chi connectivity index (χ1v) is 7.65. The maximum absolute atomic E-state index is 12.3. The number of aryl methyl sites for hydroxylation is 2. The van der Waals surface area contributed by atoms with Crippen molar-refractivity contribution in [2.45, 2.75) is 44.6 Å². The van der Waals surface area contributed by atoms with Crippen LogP contribution in [0.15, 0.2) is 23.0 Å². The highest BCUT2D eigenvalue weighted by Crippen LogP contribution is 2.21. The molecule has 3 rings (SSSR count). The SMILES string of the molecule is Cn1nc2c(cc1=O)C[C@@H](NC(=O)[C@H]1CC=CCC1)CC2. The molecule has 0 saturated carbocycles. The van der Waals surface area contributed by atoms with Gasteiger partial charge in [-0.2, -0.15) is 5.10 Å². The Balaban J connectivity index is 1.66. The standard InChI is InChI=1S/C16H21N3O2/c1-19-15(20)10-12-9-13(7-8-14(12)18-19)17-16(21)11-5-3-2-4-6-11/h2-3,10-11,13H,4-9H2,1H3,(H,17,21)/t11-,13-/m0/s1. The molecule has 0 spiro atoms. The predicted octanol–water partition coefficient (Wildman–Crippen LogP) is 1.11. The molecule has 1 N–H and O–H groups in total. The van der Waals surface area contributed by atoms with Gasteiger partial charge < -0.3 is 5.32 Å². The number of carbonyl (C=O) groups excluding carboxylic acids is 1. The minimum atomic E-state index is -0.0851. The van der Waals surface area contributed by atoms with E-state index in [1.807, 2.05) is 0 Å².